The van der Waals surface area contributed by atoms with Gasteiger partial charge in [-0.2, -0.15) is 0 Å². The lowest BCUT2D eigenvalue weighted by Crippen LogP contribution is -2.34. The predicted octanol–water partition coefficient (Wildman–Crippen LogP) is 2.75. The van der Waals surface area contributed by atoms with E-state index < -0.39 is 11.5 Å². The molecule has 0 aliphatic heterocycles. The van der Waals surface area contributed by atoms with Gasteiger partial charge in [-0.15, -0.1) is 0 Å². The van der Waals surface area contributed by atoms with Crippen LogP contribution in [0.1, 0.15) is 26.5 Å². The van der Waals surface area contributed by atoms with E-state index in [1.54, 1.807) is 0 Å². The molecule has 0 radical (unpaired) electrons. The second-order valence-electron chi connectivity index (χ2n) is 5.83. The van der Waals surface area contributed by atoms with Crippen LogP contribution in [0.3, 0.4) is 0 Å². The van der Waals surface area contributed by atoms with E-state index in [9.17, 15) is 9.90 Å². The van der Waals surface area contributed by atoms with E-state index in [-0.39, 0.29) is 12.2 Å². The minimum absolute atomic E-state index is 0.151. The third kappa shape index (κ3) is 3.18. The molecule has 1 unspecified atom stereocenters. The van der Waals surface area contributed by atoms with Crippen molar-refractivity contribution in [2.75, 3.05) is 0 Å². The Balaban J connectivity index is 2.19. The fourth-order valence-electron chi connectivity index (χ4n) is 2.01. The van der Waals surface area contributed by atoms with Crippen molar-refractivity contribution < 1.29 is 9.90 Å². The van der Waals surface area contributed by atoms with Gasteiger partial charge in [0.15, 0.2) is 5.78 Å². The van der Waals surface area contributed by atoms with Crippen molar-refractivity contribution in [1.29, 1.82) is 0 Å². The number of para-hydroxylation sites is 1. The van der Waals surface area contributed by atoms with Gasteiger partial charge in [0.1, 0.15) is 6.10 Å². The largest absolute Gasteiger partial charge is 0.385 e. The number of aliphatic hydroxyl groups is 1. The quantitative estimate of drug-likeness (QED) is 0.919. The van der Waals surface area contributed by atoms with E-state index in [1.165, 1.54) is 0 Å². The minimum Gasteiger partial charge on any atom is -0.385 e. The van der Waals surface area contributed by atoms with E-state index >= 15 is 0 Å². The number of aromatic nitrogens is 1. The third-order valence-corrected chi connectivity index (χ3v) is 3.10. The van der Waals surface area contributed by atoms with E-state index in [0.717, 1.165) is 16.6 Å². The lowest BCUT2D eigenvalue weighted by Gasteiger charge is -2.20. The Morgan fingerprint density at radius 1 is 1.21 bits per heavy atom. The van der Waals surface area contributed by atoms with E-state index in [2.05, 4.69) is 4.98 Å². The van der Waals surface area contributed by atoms with Gasteiger partial charge in [-0.05, 0) is 12.1 Å². The van der Waals surface area contributed by atoms with Gasteiger partial charge in [0.05, 0.1) is 5.52 Å². The molecule has 1 atom stereocenters. The molecule has 1 aromatic carbocycles. The molecule has 2 aromatic rings. The first-order chi connectivity index (χ1) is 8.88. The van der Waals surface area contributed by atoms with Crippen LogP contribution in [-0.2, 0) is 11.2 Å². The Labute approximate surface area is 113 Å². The summed E-state index contributed by atoms with van der Waals surface area (Å²) in [6.07, 6.45) is -0.727. The van der Waals surface area contributed by atoms with Crippen LogP contribution in [0, 0.1) is 5.41 Å². The zero-order chi connectivity index (χ0) is 14.0. The van der Waals surface area contributed by atoms with Crippen LogP contribution in [0.25, 0.3) is 10.9 Å². The normalized spacial score (nSPS) is 13.5. The molecule has 0 spiro atoms. The summed E-state index contributed by atoms with van der Waals surface area (Å²) < 4.78 is 0. The molecule has 1 heterocycles. The summed E-state index contributed by atoms with van der Waals surface area (Å²) in [4.78, 5) is 16.4. The first-order valence-corrected chi connectivity index (χ1v) is 6.45. The number of fused-ring (bicyclic) bond motifs is 1. The number of Topliss-reactive ketones (excluding diaryl/α,β-unsaturated/α-hetero) is 1. The number of benzene rings is 1. The van der Waals surface area contributed by atoms with Gasteiger partial charge < -0.3 is 5.11 Å². The maximum Gasteiger partial charge on any atom is 0.166 e. The van der Waals surface area contributed by atoms with Gasteiger partial charge in [-0.3, -0.25) is 9.78 Å². The molecule has 19 heavy (non-hydrogen) atoms. The minimum atomic E-state index is -0.992. The molecular weight excluding hydrogens is 238 g/mol. The molecule has 1 N–H and O–H groups in total. The average molecular weight is 257 g/mol. The van der Waals surface area contributed by atoms with E-state index in [4.69, 9.17) is 0 Å². The Morgan fingerprint density at radius 3 is 2.58 bits per heavy atom. The van der Waals surface area contributed by atoms with Crippen LogP contribution in [0.2, 0.25) is 0 Å². The summed E-state index contributed by atoms with van der Waals surface area (Å²) >= 11 is 0. The van der Waals surface area contributed by atoms with Gasteiger partial charge in [0.2, 0.25) is 0 Å². The zero-order valence-electron chi connectivity index (χ0n) is 11.6. The lowest BCUT2D eigenvalue weighted by molar-refractivity contribution is -0.134. The molecule has 1 aromatic heterocycles. The van der Waals surface area contributed by atoms with Crippen LogP contribution >= 0.6 is 0 Å². The molecule has 3 heteroatoms. The van der Waals surface area contributed by atoms with Crippen molar-refractivity contribution in [3.63, 3.8) is 0 Å². The molecule has 3 nitrogen and oxygen atoms in total. The number of nitrogens with zero attached hydrogens (tertiary/aromatic N) is 1. The molecular formula is C16H19NO2. The maximum absolute atomic E-state index is 12.0. The first-order valence-electron chi connectivity index (χ1n) is 6.45. The van der Waals surface area contributed by atoms with Crippen LogP contribution in [0.4, 0.5) is 0 Å². The fraction of sp³-hybridized carbons (Fsp3) is 0.375. The molecule has 0 saturated heterocycles. The monoisotopic (exact) mass is 257 g/mol. The van der Waals surface area contributed by atoms with Crippen LogP contribution in [0.15, 0.2) is 36.4 Å². The van der Waals surface area contributed by atoms with Gasteiger partial charge in [-0.1, -0.05) is 45.0 Å². The Hall–Kier alpha value is -1.74. The number of aliphatic hydroxyl groups excluding tert-OH is 1. The summed E-state index contributed by atoms with van der Waals surface area (Å²) in [6, 6.07) is 11.6. The number of ketones is 1. The number of hydrogen-bond donors (Lipinski definition) is 1. The van der Waals surface area contributed by atoms with Gasteiger partial charge in [0.25, 0.3) is 0 Å². The summed E-state index contributed by atoms with van der Waals surface area (Å²) in [5, 5.41) is 11.0. The molecule has 0 amide bonds. The number of carbonyl (C=O) groups is 1. The van der Waals surface area contributed by atoms with Crippen LogP contribution in [0.5, 0.6) is 0 Å². The molecule has 2 rings (SSSR count). The van der Waals surface area contributed by atoms with Gasteiger partial charge in [-0.25, -0.2) is 0 Å². The topological polar surface area (TPSA) is 50.2 Å². The van der Waals surface area contributed by atoms with Crippen molar-refractivity contribution >= 4 is 16.7 Å². The van der Waals surface area contributed by atoms with Crippen molar-refractivity contribution in [1.82, 2.24) is 4.98 Å². The second kappa shape index (κ2) is 5.10. The van der Waals surface area contributed by atoms with Crippen LogP contribution < -0.4 is 0 Å². The predicted molar refractivity (Wildman–Crippen MR) is 75.9 cm³/mol. The summed E-state index contributed by atoms with van der Waals surface area (Å²) in [5.74, 6) is -0.151. The Bertz CT molecular complexity index is 599. The summed E-state index contributed by atoms with van der Waals surface area (Å²) in [5.41, 5.74) is 1.09. The first kappa shape index (κ1) is 13.7. The second-order valence-corrected chi connectivity index (χ2v) is 5.83. The van der Waals surface area contributed by atoms with Gasteiger partial charge >= 0.3 is 0 Å². The number of rotatable bonds is 3. The molecule has 0 bridgehead atoms. The smallest absolute Gasteiger partial charge is 0.166 e. The van der Waals surface area contributed by atoms with Crippen molar-refractivity contribution in [3.05, 3.63) is 42.1 Å². The zero-order valence-corrected chi connectivity index (χ0v) is 11.6. The number of hydrogen-bond acceptors (Lipinski definition) is 3. The SMILES string of the molecule is CC(C)(C)C(=O)C(O)Cc1ccc2ccccc2n1. The maximum atomic E-state index is 12.0. The van der Waals surface area contributed by atoms with E-state index in [0.29, 0.717) is 0 Å². The fourth-order valence-corrected chi connectivity index (χ4v) is 2.01. The van der Waals surface area contributed by atoms with Crippen LogP contribution in [-0.4, -0.2) is 22.0 Å². The molecule has 0 fully saturated rings. The number of pyridine rings is 1. The molecule has 0 aliphatic rings. The number of carbonyl (C=O) groups excluding carboxylic acids is 1. The van der Waals surface area contributed by atoms with E-state index in [1.807, 2.05) is 57.2 Å². The van der Waals surface area contributed by atoms with Crippen molar-refractivity contribution in [3.8, 4) is 0 Å². The van der Waals surface area contributed by atoms with Crippen molar-refractivity contribution in [2.45, 2.75) is 33.3 Å². The average Bonchev–Trinajstić information content (AvgIpc) is 2.36. The Kier molecular flexibility index (Phi) is 3.67. The van der Waals surface area contributed by atoms with Crippen molar-refractivity contribution in [2.24, 2.45) is 5.41 Å². The molecule has 0 aliphatic carbocycles. The molecule has 100 valence electrons. The summed E-state index contributed by atoms with van der Waals surface area (Å²) in [7, 11) is 0. The highest BCUT2D eigenvalue weighted by molar-refractivity contribution is 5.88. The van der Waals surface area contributed by atoms with Gasteiger partial charge in [0, 0.05) is 22.9 Å². The molecule has 0 saturated carbocycles. The third-order valence-electron chi connectivity index (χ3n) is 3.10. The summed E-state index contributed by atoms with van der Waals surface area (Å²) in [6.45, 7) is 5.44. The highest BCUT2D eigenvalue weighted by Gasteiger charge is 2.28. The standard InChI is InChI=1S/C16H19NO2/c1-16(2,3)15(19)14(18)10-12-9-8-11-6-4-5-7-13(11)17-12/h4-9,14,18H,10H2,1-3H3. The highest BCUT2D eigenvalue weighted by Crippen LogP contribution is 2.19. The Morgan fingerprint density at radius 2 is 1.89 bits per heavy atom. The lowest BCUT2D eigenvalue weighted by atomic mass is 9.86. The highest BCUT2D eigenvalue weighted by atomic mass is 16.3.